The second-order valence-corrected chi connectivity index (χ2v) is 5.19. The lowest BCUT2D eigenvalue weighted by atomic mass is 10.1. The van der Waals surface area contributed by atoms with Crippen LogP contribution in [-0.4, -0.2) is 17.1 Å². The lowest BCUT2D eigenvalue weighted by Crippen LogP contribution is -1.95. The first-order valence-corrected chi connectivity index (χ1v) is 6.64. The number of ether oxygens (including phenoxy) is 1. The Labute approximate surface area is 119 Å². The van der Waals surface area contributed by atoms with Crippen LogP contribution in [0.3, 0.4) is 0 Å². The van der Waals surface area contributed by atoms with Crippen molar-refractivity contribution in [2.24, 2.45) is 0 Å². The molecule has 5 heteroatoms. The van der Waals surface area contributed by atoms with Crippen LogP contribution in [0.15, 0.2) is 22.7 Å². The molecule has 0 spiro atoms. The quantitative estimate of drug-likeness (QED) is 0.841. The Balaban J connectivity index is 2.56. The number of hydrogen-bond donors (Lipinski definition) is 1. The number of methoxy groups -OCH3 is 1. The van der Waals surface area contributed by atoms with Gasteiger partial charge in [0.2, 0.25) is 0 Å². The van der Waals surface area contributed by atoms with Gasteiger partial charge in [0.05, 0.1) is 11.6 Å². The molecule has 0 aliphatic carbocycles. The Hall–Kier alpha value is -1.20. The van der Waals surface area contributed by atoms with Gasteiger partial charge >= 0.3 is 0 Å². The minimum Gasteiger partial charge on any atom is -0.496 e. The molecule has 0 saturated heterocycles. The second kappa shape index (κ2) is 5.20. The Kier molecular flexibility index (Phi) is 3.82. The summed E-state index contributed by atoms with van der Waals surface area (Å²) in [6, 6.07) is 5.92. The van der Waals surface area contributed by atoms with E-state index >= 15 is 0 Å². The van der Waals surface area contributed by atoms with Gasteiger partial charge in [0.1, 0.15) is 16.2 Å². The summed E-state index contributed by atoms with van der Waals surface area (Å²) in [5.41, 5.74) is 3.03. The van der Waals surface area contributed by atoms with Gasteiger partial charge in [-0.1, -0.05) is 12.2 Å². The summed E-state index contributed by atoms with van der Waals surface area (Å²) in [6.45, 7) is 3.96. The first-order chi connectivity index (χ1) is 8.52. The lowest BCUT2D eigenvalue weighted by Gasteiger charge is -2.08. The number of aromatic nitrogens is 2. The highest BCUT2D eigenvalue weighted by atomic mass is 79.9. The molecule has 1 aromatic carbocycles. The number of H-pyrrole nitrogens is 1. The number of hydrogen-bond acceptors (Lipinski definition) is 3. The van der Waals surface area contributed by atoms with Crippen molar-refractivity contribution in [3.63, 3.8) is 0 Å². The summed E-state index contributed by atoms with van der Waals surface area (Å²) in [4.78, 5) is 7.60. The van der Waals surface area contributed by atoms with Crippen LogP contribution in [0, 0.1) is 18.5 Å². The van der Waals surface area contributed by atoms with Crippen LogP contribution < -0.4 is 4.74 Å². The summed E-state index contributed by atoms with van der Waals surface area (Å²) in [5.74, 6) is 1.64. The molecular weight excluding hydrogens is 312 g/mol. The van der Waals surface area contributed by atoms with Crippen molar-refractivity contribution in [3.05, 3.63) is 38.6 Å². The molecule has 3 nitrogen and oxygen atoms in total. The zero-order valence-electron chi connectivity index (χ0n) is 10.4. The van der Waals surface area contributed by atoms with Crippen molar-refractivity contribution in [1.29, 1.82) is 0 Å². The lowest BCUT2D eigenvalue weighted by molar-refractivity contribution is 0.412. The van der Waals surface area contributed by atoms with E-state index in [4.69, 9.17) is 17.0 Å². The average molecular weight is 325 g/mol. The van der Waals surface area contributed by atoms with E-state index in [9.17, 15) is 0 Å². The predicted octanol–water partition coefficient (Wildman–Crippen LogP) is 4.19. The van der Waals surface area contributed by atoms with Crippen molar-refractivity contribution < 1.29 is 4.74 Å². The van der Waals surface area contributed by atoms with Gasteiger partial charge in [-0.05, 0) is 53.5 Å². The smallest absolute Gasteiger partial charge is 0.144 e. The monoisotopic (exact) mass is 324 g/mol. The SMILES string of the molecule is COc1ccc(-c2nc(=S)c(Br)c(C)[nH]2)cc1C. The predicted molar refractivity (Wildman–Crippen MR) is 78.6 cm³/mol. The molecule has 0 amide bonds. The van der Waals surface area contributed by atoms with Gasteiger partial charge in [-0.15, -0.1) is 0 Å². The number of halogens is 1. The standard InChI is InChI=1S/C13H13BrN2OS/c1-7-6-9(4-5-10(7)17-3)12-15-8(2)11(14)13(18)16-12/h4-6H,1-3H3,(H,15,16,18). The molecular formula is C13H13BrN2OS. The maximum Gasteiger partial charge on any atom is 0.144 e. The molecule has 2 aromatic rings. The zero-order valence-corrected chi connectivity index (χ0v) is 12.8. The molecule has 0 atom stereocenters. The molecule has 94 valence electrons. The fourth-order valence-corrected chi connectivity index (χ4v) is 2.17. The van der Waals surface area contributed by atoms with Gasteiger partial charge in [-0.25, -0.2) is 4.98 Å². The van der Waals surface area contributed by atoms with E-state index in [1.54, 1.807) is 7.11 Å². The van der Waals surface area contributed by atoms with E-state index in [1.807, 2.05) is 32.0 Å². The van der Waals surface area contributed by atoms with Gasteiger partial charge < -0.3 is 9.72 Å². The minimum atomic E-state index is 0.565. The number of benzene rings is 1. The van der Waals surface area contributed by atoms with E-state index < -0.39 is 0 Å². The normalized spacial score (nSPS) is 10.4. The summed E-state index contributed by atoms with van der Waals surface area (Å²) in [5, 5.41) is 0. The first-order valence-electron chi connectivity index (χ1n) is 5.44. The molecule has 0 fully saturated rings. The van der Waals surface area contributed by atoms with Crippen LogP contribution in [0.1, 0.15) is 11.3 Å². The summed E-state index contributed by atoms with van der Waals surface area (Å²) in [7, 11) is 1.66. The van der Waals surface area contributed by atoms with Crippen LogP contribution in [0.2, 0.25) is 0 Å². The van der Waals surface area contributed by atoms with E-state index in [1.165, 1.54) is 0 Å². The van der Waals surface area contributed by atoms with Gasteiger partial charge in [0.15, 0.2) is 0 Å². The molecule has 18 heavy (non-hydrogen) atoms. The highest BCUT2D eigenvalue weighted by Gasteiger charge is 2.07. The average Bonchev–Trinajstić information content (AvgIpc) is 2.35. The van der Waals surface area contributed by atoms with E-state index in [0.717, 1.165) is 32.9 Å². The van der Waals surface area contributed by atoms with Crippen LogP contribution >= 0.6 is 28.1 Å². The third-order valence-corrected chi connectivity index (χ3v) is 4.23. The van der Waals surface area contributed by atoms with Crippen LogP contribution in [-0.2, 0) is 0 Å². The molecule has 1 N–H and O–H groups in total. The molecule has 0 radical (unpaired) electrons. The van der Waals surface area contributed by atoms with Crippen LogP contribution in [0.25, 0.3) is 11.4 Å². The van der Waals surface area contributed by atoms with Gasteiger partial charge in [0, 0.05) is 11.3 Å². The summed E-state index contributed by atoms with van der Waals surface area (Å²) >= 11 is 8.61. The van der Waals surface area contributed by atoms with Crippen molar-refractivity contribution in [2.75, 3.05) is 7.11 Å². The third kappa shape index (κ3) is 2.47. The molecule has 1 heterocycles. The van der Waals surface area contributed by atoms with Gasteiger partial charge in [-0.3, -0.25) is 0 Å². The zero-order chi connectivity index (χ0) is 13.3. The molecule has 0 unspecified atom stereocenters. The largest absolute Gasteiger partial charge is 0.496 e. The Bertz CT molecular complexity index is 652. The van der Waals surface area contributed by atoms with E-state index in [2.05, 4.69) is 25.9 Å². The van der Waals surface area contributed by atoms with Crippen LogP contribution in [0.4, 0.5) is 0 Å². The molecule has 1 aromatic heterocycles. The summed E-state index contributed by atoms with van der Waals surface area (Å²) < 4.78 is 6.65. The number of aromatic amines is 1. The Morgan fingerprint density at radius 1 is 1.33 bits per heavy atom. The van der Waals surface area contributed by atoms with E-state index in [0.29, 0.717) is 4.64 Å². The summed E-state index contributed by atoms with van der Waals surface area (Å²) in [6.07, 6.45) is 0. The number of nitrogens with zero attached hydrogens (tertiary/aromatic N) is 1. The first kappa shape index (κ1) is 13.2. The van der Waals surface area contributed by atoms with Gasteiger partial charge in [0.25, 0.3) is 0 Å². The highest BCUT2D eigenvalue weighted by Crippen LogP contribution is 2.25. The van der Waals surface area contributed by atoms with Gasteiger partial charge in [-0.2, -0.15) is 0 Å². The Morgan fingerprint density at radius 2 is 2.06 bits per heavy atom. The molecule has 2 rings (SSSR count). The topological polar surface area (TPSA) is 37.9 Å². The van der Waals surface area contributed by atoms with Crippen molar-refractivity contribution >= 4 is 28.1 Å². The minimum absolute atomic E-state index is 0.565. The maximum absolute atomic E-state index is 5.24. The van der Waals surface area contributed by atoms with Crippen molar-refractivity contribution in [2.45, 2.75) is 13.8 Å². The number of nitrogens with one attached hydrogen (secondary N) is 1. The Morgan fingerprint density at radius 3 is 2.61 bits per heavy atom. The van der Waals surface area contributed by atoms with E-state index in [-0.39, 0.29) is 0 Å². The van der Waals surface area contributed by atoms with Crippen molar-refractivity contribution in [3.8, 4) is 17.1 Å². The number of rotatable bonds is 2. The fraction of sp³-hybridized carbons (Fsp3) is 0.231. The molecule has 0 aliphatic heterocycles. The molecule has 0 aliphatic rings. The molecule has 0 bridgehead atoms. The van der Waals surface area contributed by atoms with Crippen molar-refractivity contribution in [1.82, 2.24) is 9.97 Å². The fourth-order valence-electron chi connectivity index (χ4n) is 1.73. The second-order valence-electron chi connectivity index (χ2n) is 4.01. The van der Waals surface area contributed by atoms with Crippen LogP contribution in [0.5, 0.6) is 5.75 Å². The number of aryl methyl sites for hydroxylation is 2. The third-order valence-electron chi connectivity index (χ3n) is 2.70. The maximum atomic E-state index is 5.24. The molecule has 0 saturated carbocycles. The highest BCUT2D eigenvalue weighted by molar-refractivity contribution is 9.10.